The van der Waals surface area contributed by atoms with Gasteiger partial charge in [-0.3, -0.25) is 4.79 Å². The van der Waals surface area contributed by atoms with E-state index in [9.17, 15) is 9.90 Å². The molecular weight excluding hydrogens is 308 g/mol. The first-order chi connectivity index (χ1) is 12.1. The monoisotopic (exact) mass is 340 g/mol. The summed E-state index contributed by atoms with van der Waals surface area (Å²) in [6.45, 7) is 4.45. The minimum atomic E-state index is -0.772. The molecule has 0 amide bonds. The lowest BCUT2D eigenvalue weighted by Gasteiger charge is -2.33. The van der Waals surface area contributed by atoms with Gasteiger partial charge in [-0.2, -0.15) is 0 Å². The maximum atomic E-state index is 11.3. The van der Waals surface area contributed by atoms with Crippen molar-refractivity contribution in [3.63, 3.8) is 0 Å². The van der Waals surface area contributed by atoms with Gasteiger partial charge < -0.3 is 5.11 Å². The third-order valence-corrected chi connectivity index (χ3v) is 5.25. The van der Waals surface area contributed by atoms with Crippen molar-refractivity contribution < 1.29 is 9.90 Å². The summed E-state index contributed by atoms with van der Waals surface area (Å²) in [7, 11) is 0. The molecule has 0 aromatic heterocycles. The first-order valence-electron chi connectivity index (χ1n) is 9.83. The predicted molar refractivity (Wildman–Crippen MR) is 105 cm³/mol. The average molecular weight is 341 g/mol. The molecule has 136 valence electrons. The molecule has 0 aliphatic heterocycles. The minimum Gasteiger partial charge on any atom is -0.481 e. The van der Waals surface area contributed by atoms with Gasteiger partial charge in [0, 0.05) is 5.41 Å². The van der Waals surface area contributed by atoms with Crippen molar-refractivity contribution >= 4 is 5.97 Å². The van der Waals surface area contributed by atoms with Crippen LogP contribution in [0.15, 0.2) is 48.6 Å². The number of benzene rings is 1. The van der Waals surface area contributed by atoms with Gasteiger partial charge in [-0.25, -0.2) is 0 Å². The van der Waals surface area contributed by atoms with E-state index in [2.05, 4.69) is 50.3 Å². The van der Waals surface area contributed by atoms with Crippen LogP contribution in [0.2, 0.25) is 0 Å². The minimum absolute atomic E-state index is 0.149. The SMILES string of the molecule is CCCCCc1ccccc1C1(CCCCC)C=CC(C(=O)O)C=C1. The van der Waals surface area contributed by atoms with Gasteiger partial charge in [-0.1, -0.05) is 94.5 Å². The van der Waals surface area contributed by atoms with E-state index >= 15 is 0 Å². The molecule has 0 atom stereocenters. The standard InChI is InChI=1S/C23H32O2/c1-3-5-7-11-19-12-8-9-13-21(19)23(16-10-6-4-2)17-14-20(15-18-23)22(24)25/h8-9,12-15,17-18,20H,3-7,10-11,16H2,1-2H3,(H,24,25). The Labute approximate surface area is 152 Å². The van der Waals surface area contributed by atoms with Crippen molar-refractivity contribution in [1.29, 1.82) is 0 Å². The molecule has 1 aliphatic rings. The quantitative estimate of drug-likeness (QED) is 0.415. The number of rotatable bonds is 10. The first-order valence-corrected chi connectivity index (χ1v) is 9.83. The van der Waals surface area contributed by atoms with E-state index in [0.717, 1.165) is 19.3 Å². The highest BCUT2D eigenvalue weighted by Gasteiger charge is 2.31. The molecule has 0 radical (unpaired) electrons. The van der Waals surface area contributed by atoms with E-state index in [0.29, 0.717) is 0 Å². The van der Waals surface area contributed by atoms with Crippen LogP contribution in [0.3, 0.4) is 0 Å². The molecule has 0 saturated heterocycles. The fourth-order valence-corrected chi connectivity index (χ4v) is 3.74. The van der Waals surface area contributed by atoms with E-state index in [-0.39, 0.29) is 5.41 Å². The summed E-state index contributed by atoms with van der Waals surface area (Å²) in [6.07, 6.45) is 17.5. The number of carbonyl (C=O) groups is 1. The fourth-order valence-electron chi connectivity index (χ4n) is 3.74. The second-order valence-electron chi connectivity index (χ2n) is 7.19. The van der Waals surface area contributed by atoms with E-state index in [1.54, 1.807) is 0 Å². The zero-order chi connectivity index (χ0) is 18.1. The number of hydrogen-bond donors (Lipinski definition) is 1. The summed E-state index contributed by atoms with van der Waals surface area (Å²) < 4.78 is 0. The van der Waals surface area contributed by atoms with Crippen molar-refractivity contribution in [2.45, 2.75) is 70.6 Å². The Hall–Kier alpha value is -1.83. The van der Waals surface area contributed by atoms with Crippen LogP contribution in [-0.4, -0.2) is 11.1 Å². The van der Waals surface area contributed by atoms with E-state index < -0.39 is 11.9 Å². The number of carboxylic acids is 1. The highest BCUT2D eigenvalue weighted by atomic mass is 16.4. The number of aliphatic carboxylic acids is 1. The maximum Gasteiger partial charge on any atom is 0.314 e. The lowest BCUT2D eigenvalue weighted by atomic mass is 9.70. The van der Waals surface area contributed by atoms with Crippen molar-refractivity contribution in [2.24, 2.45) is 5.92 Å². The number of carboxylic acid groups (broad SMARTS) is 1. The summed E-state index contributed by atoms with van der Waals surface area (Å²) in [5, 5.41) is 9.29. The highest BCUT2D eigenvalue weighted by molar-refractivity contribution is 5.75. The summed E-state index contributed by atoms with van der Waals surface area (Å²) >= 11 is 0. The number of unbranched alkanes of at least 4 members (excludes halogenated alkanes) is 4. The summed E-state index contributed by atoms with van der Waals surface area (Å²) in [5.41, 5.74) is 2.62. The van der Waals surface area contributed by atoms with Crippen LogP contribution in [0.1, 0.15) is 69.9 Å². The molecule has 2 nitrogen and oxygen atoms in total. The zero-order valence-corrected chi connectivity index (χ0v) is 15.7. The molecule has 0 saturated carbocycles. The van der Waals surface area contributed by atoms with Crippen molar-refractivity contribution in [2.75, 3.05) is 0 Å². The third-order valence-electron chi connectivity index (χ3n) is 5.25. The van der Waals surface area contributed by atoms with Crippen LogP contribution < -0.4 is 0 Å². The van der Waals surface area contributed by atoms with Gasteiger partial charge in [0.1, 0.15) is 0 Å². The van der Waals surface area contributed by atoms with Crippen molar-refractivity contribution in [3.8, 4) is 0 Å². The highest BCUT2D eigenvalue weighted by Crippen LogP contribution is 2.39. The molecule has 0 heterocycles. The van der Waals surface area contributed by atoms with Crippen LogP contribution in [0, 0.1) is 5.92 Å². The van der Waals surface area contributed by atoms with Crippen LogP contribution in [-0.2, 0) is 16.6 Å². The second-order valence-corrected chi connectivity index (χ2v) is 7.19. The normalized spacial score (nSPS) is 22.2. The Morgan fingerprint density at radius 3 is 2.28 bits per heavy atom. The van der Waals surface area contributed by atoms with E-state index in [4.69, 9.17) is 0 Å². The molecule has 0 unspecified atom stereocenters. The van der Waals surface area contributed by atoms with Crippen LogP contribution >= 0.6 is 0 Å². The number of aryl methyl sites for hydroxylation is 1. The zero-order valence-electron chi connectivity index (χ0n) is 15.7. The second kappa shape index (κ2) is 9.60. The summed E-state index contributed by atoms with van der Waals surface area (Å²) in [6, 6.07) is 8.73. The van der Waals surface area contributed by atoms with Crippen LogP contribution in [0.25, 0.3) is 0 Å². The van der Waals surface area contributed by atoms with Gasteiger partial charge >= 0.3 is 5.97 Å². The smallest absolute Gasteiger partial charge is 0.314 e. The molecular formula is C23H32O2. The topological polar surface area (TPSA) is 37.3 Å². The van der Waals surface area contributed by atoms with Crippen molar-refractivity contribution in [3.05, 3.63) is 59.7 Å². The fraction of sp³-hybridized carbons (Fsp3) is 0.522. The Morgan fingerprint density at radius 2 is 1.64 bits per heavy atom. The Morgan fingerprint density at radius 1 is 1.00 bits per heavy atom. The van der Waals surface area contributed by atoms with Crippen LogP contribution in [0.5, 0.6) is 0 Å². The molecule has 25 heavy (non-hydrogen) atoms. The Balaban J connectivity index is 2.32. The molecule has 0 bridgehead atoms. The maximum absolute atomic E-state index is 11.3. The number of hydrogen-bond acceptors (Lipinski definition) is 1. The molecule has 2 heteroatoms. The largest absolute Gasteiger partial charge is 0.481 e. The lowest BCUT2D eigenvalue weighted by molar-refractivity contribution is -0.138. The van der Waals surface area contributed by atoms with Gasteiger partial charge in [0.05, 0.1) is 5.92 Å². The molecule has 0 fully saturated rings. The van der Waals surface area contributed by atoms with Gasteiger partial charge in [0.15, 0.2) is 0 Å². The molecule has 1 N–H and O–H groups in total. The van der Waals surface area contributed by atoms with Gasteiger partial charge in [0.25, 0.3) is 0 Å². The summed E-state index contributed by atoms with van der Waals surface area (Å²) in [5.74, 6) is -1.27. The van der Waals surface area contributed by atoms with E-state index in [1.165, 1.54) is 43.2 Å². The summed E-state index contributed by atoms with van der Waals surface area (Å²) in [4.78, 5) is 11.3. The average Bonchev–Trinajstić information content (AvgIpc) is 2.63. The molecule has 0 spiro atoms. The Bertz CT molecular complexity index is 598. The first kappa shape index (κ1) is 19.5. The Kier molecular flexibility index (Phi) is 7.49. The lowest BCUT2D eigenvalue weighted by Crippen LogP contribution is -2.27. The third kappa shape index (κ3) is 5.07. The number of allylic oxidation sites excluding steroid dienone is 2. The molecule has 1 aromatic carbocycles. The van der Waals surface area contributed by atoms with Crippen LogP contribution in [0.4, 0.5) is 0 Å². The molecule has 1 aliphatic carbocycles. The van der Waals surface area contributed by atoms with Gasteiger partial charge in [-0.05, 0) is 30.4 Å². The predicted octanol–water partition coefficient (Wildman–Crippen LogP) is 6.06. The molecule has 2 rings (SSSR count). The van der Waals surface area contributed by atoms with E-state index in [1.807, 2.05) is 12.2 Å². The van der Waals surface area contributed by atoms with Gasteiger partial charge in [0.2, 0.25) is 0 Å². The molecule has 1 aromatic rings. The van der Waals surface area contributed by atoms with Gasteiger partial charge in [-0.15, -0.1) is 0 Å². The van der Waals surface area contributed by atoms with Crippen molar-refractivity contribution in [1.82, 2.24) is 0 Å².